The summed E-state index contributed by atoms with van der Waals surface area (Å²) in [6, 6.07) is 0.948. The minimum Gasteiger partial charge on any atom is -0.330 e. The summed E-state index contributed by atoms with van der Waals surface area (Å²) >= 11 is 0. The van der Waals surface area contributed by atoms with Gasteiger partial charge in [-0.05, 0) is 23.8 Å². The van der Waals surface area contributed by atoms with Gasteiger partial charge in [-0.2, -0.15) is 26.3 Å². The van der Waals surface area contributed by atoms with Crippen molar-refractivity contribution in [3.05, 3.63) is 35.1 Å². The number of benzene rings is 1. The lowest BCUT2D eigenvalue weighted by Crippen LogP contribution is -2.30. The SMILES string of the molecule is NCC(c1cc(F)ccc1C(F)(F)F)C(F)(F)F. The zero-order valence-corrected chi connectivity index (χ0v) is 8.74. The van der Waals surface area contributed by atoms with Crippen LogP contribution < -0.4 is 5.73 Å². The predicted molar refractivity (Wildman–Crippen MR) is 49.3 cm³/mol. The number of halogens is 7. The Bertz CT molecular complexity index is 421. The van der Waals surface area contributed by atoms with Crippen molar-refractivity contribution >= 4 is 0 Å². The minimum atomic E-state index is -5.00. The third-order valence-corrected chi connectivity index (χ3v) is 2.33. The molecule has 0 heterocycles. The maximum absolute atomic E-state index is 12.8. The molecule has 1 aromatic carbocycles. The van der Waals surface area contributed by atoms with Crippen LogP contribution in [-0.2, 0) is 6.18 Å². The van der Waals surface area contributed by atoms with Crippen molar-refractivity contribution < 1.29 is 30.7 Å². The summed E-state index contributed by atoms with van der Waals surface area (Å²) in [5.41, 5.74) is 2.12. The fraction of sp³-hybridized carbons (Fsp3) is 0.400. The van der Waals surface area contributed by atoms with Gasteiger partial charge in [0.05, 0.1) is 11.5 Å². The van der Waals surface area contributed by atoms with Gasteiger partial charge < -0.3 is 5.73 Å². The number of hydrogen-bond acceptors (Lipinski definition) is 1. The zero-order valence-electron chi connectivity index (χ0n) is 8.74. The average molecular weight is 275 g/mol. The van der Waals surface area contributed by atoms with E-state index in [2.05, 4.69) is 0 Å². The predicted octanol–water partition coefficient (Wildman–Crippen LogP) is 3.45. The Labute approximate surface area is 97.4 Å². The van der Waals surface area contributed by atoms with Crippen molar-refractivity contribution in [2.75, 3.05) is 6.54 Å². The van der Waals surface area contributed by atoms with Crippen LogP contribution in [-0.4, -0.2) is 12.7 Å². The van der Waals surface area contributed by atoms with Crippen LogP contribution in [0.15, 0.2) is 18.2 Å². The van der Waals surface area contributed by atoms with Gasteiger partial charge in [0.25, 0.3) is 0 Å². The monoisotopic (exact) mass is 275 g/mol. The van der Waals surface area contributed by atoms with Crippen molar-refractivity contribution in [3.8, 4) is 0 Å². The van der Waals surface area contributed by atoms with E-state index in [9.17, 15) is 30.7 Å². The molecule has 0 aliphatic rings. The van der Waals surface area contributed by atoms with Crippen LogP contribution in [0.2, 0.25) is 0 Å². The normalized spacial score (nSPS) is 14.7. The largest absolute Gasteiger partial charge is 0.416 e. The van der Waals surface area contributed by atoms with Gasteiger partial charge >= 0.3 is 12.4 Å². The van der Waals surface area contributed by atoms with Gasteiger partial charge in [0.1, 0.15) is 5.82 Å². The van der Waals surface area contributed by atoms with Crippen LogP contribution in [0.25, 0.3) is 0 Å². The smallest absolute Gasteiger partial charge is 0.330 e. The molecule has 1 rings (SSSR count). The third-order valence-electron chi connectivity index (χ3n) is 2.33. The lowest BCUT2D eigenvalue weighted by Gasteiger charge is -2.22. The Morgan fingerprint density at radius 1 is 1.06 bits per heavy atom. The van der Waals surface area contributed by atoms with E-state index in [-0.39, 0.29) is 12.1 Å². The van der Waals surface area contributed by atoms with Gasteiger partial charge in [0.2, 0.25) is 0 Å². The highest BCUT2D eigenvalue weighted by Crippen LogP contribution is 2.41. The van der Waals surface area contributed by atoms with E-state index < -0.39 is 41.8 Å². The molecule has 0 bridgehead atoms. The molecule has 1 unspecified atom stereocenters. The second-order valence-electron chi connectivity index (χ2n) is 3.56. The number of hydrogen-bond donors (Lipinski definition) is 1. The Balaban J connectivity index is 3.41. The Morgan fingerprint density at radius 2 is 1.61 bits per heavy atom. The van der Waals surface area contributed by atoms with Gasteiger partial charge in [-0.25, -0.2) is 4.39 Å². The van der Waals surface area contributed by atoms with Crippen molar-refractivity contribution in [2.45, 2.75) is 18.3 Å². The summed E-state index contributed by atoms with van der Waals surface area (Å²) in [7, 11) is 0. The molecule has 8 heteroatoms. The molecule has 1 atom stereocenters. The topological polar surface area (TPSA) is 26.0 Å². The van der Waals surface area contributed by atoms with Gasteiger partial charge in [-0.15, -0.1) is 0 Å². The molecule has 2 N–H and O–H groups in total. The first kappa shape index (κ1) is 14.7. The molecule has 102 valence electrons. The molecule has 0 fully saturated rings. The van der Waals surface area contributed by atoms with E-state index in [1.54, 1.807) is 0 Å². The second-order valence-corrected chi connectivity index (χ2v) is 3.56. The van der Waals surface area contributed by atoms with Gasteiger partial charge in [0, 0.05) is 6.54 Å². The molecule has 1 aromatic rings. The number of nitrogens with two attached hydrogens (primary N) is 1. The number of alkyl halides is 6. The summed E-state index contributed by atoms with van der Waals surface area (Å²) in [5.74, 6) is -3.73. The molecule has 0 saturated heterocycles. The second kappa shape index (κ2) is 4.75. The fourth-order valence-corrected chi connectivity index (χ4v) is 1.52. The maximum atomic E-state index is 12.8. The fourth-order valence-electron chi connectivity index (χ4n) is 1.52. The summed E-state index contributed by atoms with van der Waals surface area (Å²) in [5, 5.41) is 0. The molecule has 0 amide bonds. The first-order chi connectivity index (χ1) is 8.07. The van der Waals surface area contributed by atoms with Crippen molar-refractivity contribution in [1.82, 2.24) is 0 Å². The standard InChI is InChI=1S/C10H8F7N/c11-5-1-2-7(9(12,13)14)6(3-5)8(4-18)10(15,16)17/h1-3,8H,4,18H2. The summed E-state index contributed by atoms with van der Waals surface area (Å²) < 4.78 is 88.1. The first-order valence-corrected chi connectivity index (χ1v) is 4.70. The van der Waals surface area contributed by atoms with Crippen LogP contribution in [0, 0.1) is 5.82 Å². The minimum absolute atomic E-state index is 0.216. The van der Waals surface area contributed by atoms with Gasteiger partial charge in [-0.1, -0.05) is 0 Å². The lowest BCUT2D eigenvalue weighted by atomic mass is 9.93. The van der Waals surface area contributed by atoms with Crippen LogP contribution in [0.1, 0.15) is 17.0 Å². The quantitative estimate of drug-likeness (QED) is 0.822. The highest BCUT2D eigenvalue weighted by Gasteiger charge is 2.45. The van der Waals surface area contributed by atoms with Gasteiger partial charge in [0.15, 0.2) is 0 Å². The summed E-state index contributed by atoms with van der Waals surface area (Å²) in [4.78, 5) is 0. The highest BCUT2D eigenvalue weighted by atomic mass is 19.4. The molecular formula is C10H8F7N. The molecule has 1 nitrogen and oxygen atoms in total. The zero-order chi connectivity index (χ0) is 14.1. The van der Waals surface area contributed by atoms with Crippen LogP contribution in [0.4, 0.5) is 30.7 Å². The highest BCUT2D eigenvalue weighted by molar-refractivity contribution is 5.34. The van der Waals surface area contributed by atoms with E-state index in [1.807, 2.05) is 0 Å². The molecular weight excluding hydrogens is 267 g/mol. The van der Waals surface area contributed by atoms with E-state index >= 15 is 0 Å². The number of rotatable bonds is 2. The molecule has 0 aliphatic heterocycles. The van der Waals surface area contributed by atoms with Crippen LogP contribution >= 0.6 is 0 Å². The first-order valence-electron chi connectivity index (χ1n) is 4.70. The van der Waals surface area contributed by atoms with Crippen molar-refractivity contribution in [3.63, 3.8) is 0 Å². The van der Waals surface area contributed by atoms with Crippen molar-refractivity contribution in [1.29, 1.82) is 0 Å². The lowest BCUT2D eigenvalue weighted by molar-refractivity contribution is -0.154. The van der Waals surface area contributed by atoms with E-state index in [0.717, 1.165) is 0 Å². The molecule has 0 saturated carbocycles. The van der Waals surface area contributed by atoms with Crippen LogP contribution in [0.5, 0.6) is 0 Å². The van der Waals surface area contributed by atoms with E-state index in [1.165, 1.54) is 0 Å². The van der Waals surface area contributed by atoms with Crippen molar-refractivity contribution in [2.24, 2.45) is 5.73 Å². The molecule has 18 heavy (non-hydrogen) atoms. The van der Waals surface area contributed by atoms with Gasteiger partial charge in [-0.3, -0.25) is 0 Å². The molecule has 0 aliphatic carbocycles. The third kappa shape index (κ3) is 3.12. The van der Waals surface area contributed by atoms with E-state index in [4.69, 9.17) is 5.73 Å². The Kier molecular flexibility index (Phi) is 3.89. The average Bonchev–Trinajstić information content (AvgIpc) is 2.14. The molecule has 0 spiro atoms. The maximum Gasteiger partial charge on any atom is 0.416 e. The van der Waals surface area contributed by atoms with E-state index in [0.29, 0.717) is 6.07 Å². The Morgan fingerprint density at radius 3 is 2.00 bits per heavy atom. The summed E-state index contributed by atoms with van der Waals surface area (Å²) in [6.07, 6.45) is -9.97. The Hall–Kier alpha value is -1.31. The molecule has 0 aromatic heterocycles. The van der Waals surface area contributed by atoms with Crippen LogP contribution in [0.3, 0.4) is 0 Å². The summed E-state index contributed by atoms with van der Waals surface area (Å²) in [6.45, 7) is -1.09. The molecule has 0 radical (unpaired) electrons.